The molecule has 0 N–H and O–H groups in total. The maximum atomic E-state index is 15.0. The Hall–Kier alpha value is -8.33. The predicted octanol–water partition coefficient (Wildman–Crippen LogP) is 15.8. The molecule has 520 valence electrons. The number of halogens is 9. The van der Waals surface area contributed by atoms with Crippen molar-refractivity contribution in [2.45, 2.75) is 147 Å². The molecular formula is C67H84F9N3O14S. The molecule has 0 aliphatic carbocycles. The van der Waals surface area contributed by atoms with Crippen molar-refractivity contribution in [1.82, 2.24) is 4.98 Å². The minimum Gasteiger partial charge on any atom is -0.494 e. The van der Waals surface area contributed by atoms with E-state index in [4.69, 9.17) is 42.7 Å². The standard InChI is InChI=1S/C64H80F9N3O13S.C3H4O/c1-13-55(77)85-39-23-17-16-22-38-84-46(6)32-33-49(9)87-57(79)43(3)28-31-48(8)88-59(81)51(11)52(41-74-76(60-75-53-24-18-19-25-54(53)90-60)35-34-61(65,66)62(67,68)63(69,70)64(71,72)73)40-50(10)89-58(80)44(4)27-30-47(7)86-56(78)42(2)26-29-45(5)83-37-21-15-14-20-36-82-12;1-2-3-4/h13,18-19,24-26,29,32-33,40-41,43-44,47-48H,1-2,5-6,9-11,14-17,20-23,27-28,30-31,34-39H2,3-4,7-8,12H3;2-3H,1H2/b29-26-,33-32-,52-40-,74-41+;/t43?,44?,47-,48-;/m0./s1. The Morgan fingerprint density at radius 2 is 1.11 bits per heavy atom. The molecule has 0 fully saturated rings. The number of hydrogen-bond acceptors (Lipinski definition) is 18. The Bertz CT molecular complexity index is 3000. The second-order valence-corrected chi connectivity index (χ2v) is 22.1. The van der Waals surface area contributed by atoms with Crippen LogP contribution in [0.15, 0.2) is 164 Å². The van der Waals surface area contributed by atoms with Gasteiger partial charge in [-0.25, -0.2) is 24.4 Å². The third kappa shape index (κ3) is 31.1. The largest absolute Gasteiger partial charge is 0.494 e. The summed E-state index contributed by atoms with van der Waals surface area (Å²) in [5.41, 5.74) is -0.827. The highest BCUT2D eigenvalue weighted by Gasteiger charge is 2.81. The Kier molecular flexibility index (Phi) is 38.1. The van der Waals surface area contributed by atoms with Crippen molar-refractivity contribution in [3.63, 3.8) is 0 Å². The summed E-state index contributed by atoms with van der Waals surface area (Å²) in [7, 11) is 1.64. The number of nitrogens with zero attached hydrogens (tertiary/aromatic N) is 3. The summed E-state index contributed by atoms with van der Waals surface area (Å²) >= 11 is 0.729. The first kappa shape index (κ1) is 83.7. The fourth-order valence-corrected chi connectivity index (χ4v) is 8.36. The number of aromatic nitrogens is 1. The number of ether oxygens (including phenoxy) is 8. The van der Waals surface area contributed by atoms with Gasteiger partial charge in [0.1, 0.15) is 29.3 Å². The summed E-state index contributed by atoms with van der Waals surface area (Å²) in [5, 5.41) is 4.16. The number of unbranched alkanes of at least 4 members (excludes halogenated alkanes) is 6. The van der Waals surface area contributed by atoms with Crippen LogP contribution in [0.25, 0.3) is 10.2 Å². The highest BCUT2D eigenvalue weighted by molar-refractivity contribution is 7.22. The molecule has 0 aliphatic heterocycles. The van der Waals surface area contributed by atoms with E-state index in [0.717, 1.165) is 68.2 Å². The predicted molar refractivity (Wildman–Crippen MR) is 340 cm³/mol. The number of methoxy groups -OCH3 is 1. The van der Waals surface area contributed by atoms with Crippen LogP contribution in [-0.2, 0) is 66.7 Å². The van der Waals surface area contributed by atoms with Crippen LogP contribution >= 0.6 is 11.3 Å². The zero-order valence-corrected chi connectivity index (χ0v) is 54.4. The van der Waals surface area contributed by atoms with Crippen LogP contribution in [0.5, 0.6) is 0 Å². The van der Waals surface area contributed by atoms with Crippen molar-refractivity contribution < 1.29 is 106 Å². The zero-order valence-electron chi connectivity index (χ0n) is 53.6. The molecule has 1 aromatic carbocycles. The number of alkyl halides is 9. The number of hydrogen-bond donors (Lipinski definition) is 0. The van der Waals surface area contributed by atoms with Gasteiger partial charge in [0.15, 0.2) is 0 Å². The first-order valence-corrected chi connectivity index (χ1v) is 30.4. The number of thiazole rings is 1. The number of carbonyl (C=O) groups is 6. The lowest BCUT2D eigenvalue weighted by Gasteiger charge is -2.34. The summed E-state index contributed by atoms with van der Waals surface area (Å²) in [6.45, 7) is 35.2. The number of aldehydes is 1. The van der Waals surface area contributed by atoms with Crippen molar-refractivity contribution in [2.75, 3.05) is 45.1 Å². The van der Waals surface area contributed by atoms with Crippen LogP contribution < -0.4 is 5.01 Å². The molecule has 2 rings (SSSR count). The Morgan fingerprint density at radius 1 is 0.628 bits per heavy atom. The lowest BCUT2D eigenvalue weighted by molar-refractivity contribution is -0.396. The van der Waals surface area contributed by atoms with Gasteiger partial charge >= 0.3 is 53.8 Å². The van der Waals surface area contributed by atoms with E-state index < -0.39 is 108 Å². The number of hydrazone groups is 1. The third-order valence-electron chi connectivity index (χ3n) is 13.0. The van der Waals surface area contributed by atoms with E-state index in [-0.39, 0.29) is 60.0 Å². The number of anilines is 1. The van der Waals surface area contributed by atoms with Gasteiger partial charge in [0.05, 0.1) is 78.0 Å². The molecule has 0 bridgehead atoms. The van der Waals surface area contributed by atoms with Crippen LogP contribution in [0.4, 0.5) is 44.6 Å². The maximum Gasteiger partial charge on any atom is 0.460 e. The highest BCUT2D eigenvalue weighted by Crippen LogP contribution is 2.54. The van der Waals surface area contributed by atoms with E-state index in [1.807, 2.05) is 0 Å². The topological polar surface area (TPSA) is 205 Å². The lowest BCUT2D eigenvalue weighted by Crippen LogP contribution is -2.61. The molecule has 0 aliphatic rings. The van der Waals surface area contributed by atoms with Crippen LogP contribution in [0.2, 0.25) is 0 Å². The molecule has 2 unspecified atom stereocenters. The Balaban J connectivity index is 0.0000107. The molecule has 0 radical (unpaired) electrons. The van der Waals surface area contributed by atoms with Crippen molar-refractivity contribution in [1.29, 1.82) is 0 Å². The van der Waals surface area contributed by atoms with Gasteiger partial charge in [-0.1, -0.05) is 96.4 Å². The zero-order chi connectivity index (χ0) is 71.2. The lowest BCUT2D eigenvalue weighted by atomic mass is 10.0. The molecule has 1 aromatic heterocycles. The van der Waals surface area contributed by atoms with Crippen molar-refractivity contribution in [3.8, 4) is 0 Å². The summed E-state index contributed by atoms with van der Waals surface area (Å²) < 4.78 is 169. The van der Waals surface area contributed by atoms with Gasteiger partial charge in [0.25, 0.3) is 0 Å². The molecule has 0 amide bonds. The monoisotopic (exact) mass is 1360 g/mol. The summed E-state index contributed by atoms with van der Waals surface area (Å²) in [5.74, 6) is -25.8. The number of allylic oxidation sites excluding steroid dienone is 5. The highest BCUT2D eigenvalue weighted by atomic mass is 32.1. The molecule has 1 heterocycles. The first-order chi connectivity index (χ1) is 44.1. The molecule has 94 heavy (non-hydrogen) atoms. The van der Waals surface area contributed by atoms with E-state index in [2.05, 4.69) is 62.7 Å². The molecule has 0 saturated heterocycles. The fourth-order valence-electron chi connectivity index (χ4n) is 7.41. The first-order valence-electron chi connectivity index (χ1n) is 29.6. The number of esters is 5. The van der Waals surface area contributed by atoms with Crippen LogP contribution in [0.1, 0.15) is 111 Å². The van der Waals surface area contributed by atoms with Crippen molar-refractivity contribution in [2.24, 2.45) is 16.9 Å². The second-order valence-electron chi connectivity index (χ2n) is 21.1. The molecule has 27 heteroatoms. The minimum atomic E-state index is -7.17. The van der Waals surface area contributed by atoms with Gasteiger partial charge in [-0.05, 0) is 133 Å². The maximum absolute atomic E-state index is 15.0. The molecule has 4 atom stereocenters. The van der Waals surface area contributed by atoms with Gasteiger partial charge in [-0.3, -0.25) is 14.4 Å². The van der Waals surface area contributed by atoms with Gasteiger partial charge in [-0.2, -0.15) is 44.6 Å². The van der Waals surface area contributed by atoms with Crippen LogP contribution in [0, 0.1) is 11.8 Å². The van der Waals surface area contributed by atoms with E-state index in [1.165, 1.54) is 69.4 Å². The average molecular weight is 1360 g/mol. The molecule has 17 nitrogen and oxygen atoms in total. The Morgan fingerprint density at radius 3 is 1.61 bits per heavy atom. The quantitative estimate of drug-likeness (QED) is 0.00577. The molecular weight excluding hydrogens is 1270 g/mol. The number of carbonyl (C=O) groups excluding carboxylic acids is 6. The number of benzene rings is 1. The minimum absolute atomic E-state index is 0.00703. The van der Waals surface area contributed by atoms with Gasteiger partial charge < -0.3 is 37.9 Å². The summed E-state index contributed by atoms with van der Waals surface area (Å²) in [4.78, 5) is 77.3. The van der Waals surface area contributed by atoms with Crippen LogP contribution in [-0.4, -0.2) is 124 Å². The van der Waals surface area contributed by atoms with E-state index in [0.29, 0.717) is 54.4 Å². The van der Waals surface area contributed by atoms with Gasteiger partial charge in [0.2, 0.25) is 5.13 Å². The number of rotatable bonds is 46. The fraction of sp³-hybridized carbons (Fsp3) is 0.463. The van der Waals surface area contributed by atoms with Gasteiger partial charge in [-0.15, -0.1) is 0 Å². The summed E-state index contributed by atoms with van der Waals surface area (Å²) in [6, 6.07) is 6.05. The number of para-hydroxylation sites is 1. The van der Waals surface area contributed by atoms with E-state index in [9.17, 15) is 54.7 Å². The molecule has 0 spiro atoms. The van der Waals surface area contributed by atoms with Crippen molar-refractivity contribution in [3.05, 3.63) is 159 Å². The third-order valence-corrected chi connectivity index (χ3v) is 14.1. The van der Waals surface area contributed by atoms with Gasteiger partial charge in [0, 0.05) is 31.8 Å². The SMILES string of the molecule is C=CC(=O)OCCCCCCOC(=C)/C=C\C(=C)OC(=O)C(C)CC[C@H](C)OC(=O)C(=C)C(/C=N/N(CCC(F)(F)C(F)(F)C(F)(F)C(F)(F)F)c1nc2ccccc2s1)=C\C(=C)OC(=O)C(C)CC[C@H](C)OC(=O)C(=C)/C=C\C(=C)OCCCCCCOC.C=CC=O. The number of fused-ring (bicyclic) bond motifs is 1. The van der Waals surface area contributed by atoms with Crippen molar-refractivity contribution >= 4 is 69.0 Å². The molecule has 0 saturated carbocycles. The smallest absolute Gasteiger partial charge is 0.460 e. The Labute approximate surface area is 546 Å². The van der Waals surface area contributed by atoms with E-state index >= 15 is 8.78 Å². The van der Waals surface area contributed by atoms with E-state index in [1.54, 1.807) is 20.1 Å². The average Bonchev–Trinajstić information content (AvgIpc) is 0.852. The second kappa shape index (κ2) is 42.8. The molecule has 2 aromatic rings. The summed E-state index contributed by atoms with van der Waals surface area (Å²) in [6.07, 6.45) is 6.15. The normalized spacial score (nSPS) is 13.3. The van der Waals surface area contributed by atoms with Crippen LogP contribution in [0.3, 0.4) is 0 Å².